The van der Waals surface area contributed by atoms with Gasteiger partial charge in [0, 0.05) is 17.5 Å². The van der Waals surface area contributed by atoms with Gasteiger partial charge in [0.2, 0.25) is 5.75 Å². The van der Waals surface area contributed by atoms with Gasteiger partial charge < -0.3 is 18.9 Å². The van der Waals surface area contributed by atoms with Crippen molar-refractivity contribution in [2.45, 2.75) is 52.1 Å². The van der Waals surface area contributed by atoms with Crippen LogP contribution in [0.1, 0.15) is 58.2 Å². The quantitative estimate of drug-likeness (QED) is 0.538. The average Bonchev–Trinajstić information content (AvgIpc) is 3.14. The van der Waals surface area contributed by atoms with Crippen LogP contribution in [0.3, 0.4) is 0 Å². The molecule has 0 aliphatic heterocycles. The Morgan fingerprint density at radius 2 is 1.84 bits per heavy atom. The number of fused-ring (bicyclic) bond motifs is 1. The van der Waals surface area contributed by atoms with E-state index < -0.39 is 12.5 Å². The molecule has 4 rings (SSSR count). The highest BCUT2D eigenvalue weighted by Crippen LogP contribution is 2.49. The number of methoxy groups -OCH3 is 2. The second-order valence-electron chi connectivity index (χ2n) is 8.72. The molecule has 2 aliphatic carbocycles. The van der Waals surface area contributed by atoms with E-state index in [1.807, 2.05) is 38.1 Å². The van der Waals surface area contributed by atoms with Gasteiger partial charge in [-0.05, 0) is 56.4 Å². The molecule has 0 amide bonds. The number of Topliss-reactive ketones (excluding diaryl/α,β-unsaturated/α-hetero) is 1. The number of carbonyl (C=O) groups excluding carboxylic acids is 2. The molecule has 0 atom stereocenters. The molecule has 0 unspecified atom stereocenters. The predicted molar refractivity (Wildman–Crippen MR) is 121 cm³/mol. The van der Waals surface area contributed by atoms with Crippen LogP contribution in [0.2, 0.25) is 0 Å². The van der Waals surface area contributed by atoms with Crippen LogP contribution in [0.25, 0.3) is 11.1 Å². The number of esters is 1. The molecule has 1 fully saturated rings. The van der Waals surface area contributed by atoms with Crippen molar-refractivity contribution in [3.8, 4) is 28.4 Å². The Kier molecular flexibility index (Phi) is 5.43. The first kappa shape index (κ1) is 19.6. The molecule has 2 aliphatic rings. The summed E-state index contributed by atoms with van der Waals surface area (Å²) in [5, 5.41) is 0. The van der Waals surface area contributed by atoms with Gasteiger partial charge >= 0.3 is 5.97 Å². The Morgan fingerprint density at radius 1 is 1.06 bits per heavy atom. The first-order valence-electron chi connectivity index (χ1n) is 12.1. The number of carbonyl (C=O) groups is 2. The zero-order valence-corrected chi connectivity index (χ0v) is 18.7. The number of benzene rings is 2. The first-order chi connectivity index (χ1) is 16.3. The predicted octanol–water partition coefficient (Wildman–Crippen LogP) is 5.00. The fourth-order valence-electron chi connectivity index (χ4n) is 4.48. The molecule has 0 spiro atoms. The van der Waals surface area contributed by atoms with Gasteiger partial charge in [-0.15, -0.1) is 0 Å². The van der Waals surface area contributed by atoms with Gasteiger partial charge in [0.25, 0.3) is 0 Å². The van der Waals surface area contributed by atoms with Gasteiger partial charge in [0.05, 0.1) is 23.0 Å². The summed E-state index contributed by atoms with van der Waals surface area (Å²) in [7, 11) is -0.140. The van der Waals surface area contributed by atoms with E-state index in [2.05, 4.69) is 0 Å². The molecule has 0 radical (unpaired) electrons. The van der Waals surface area contributed by atoms with Crippen LogP contribution in [-0.2, 0) is 16.0 Å². The van der Waals surface area contributed by atoms with Crippen LogP contribution in [0.5, 0.6) is 17.2 Å². The molecule has 0 bridgehead atoms. The van der Waals surface area contributed by atoms with Crippen molar-refractivity contribution in [1.29, 1.82) is 0 Å². The molecule has 6 nitrogen and oxygen atoms in total. The van der Waals surface area contributed by atoms with E-state index in [4.69, 9.17) is 21.7 Å². The largest absolute Gasteiger partial charge is 0.493 e. The minimum atomic E-state index is -1.61. The molecule has 0 heterocycles. The molecule has 0 aromatic heterocycles. The lowest BCUT2D eigenvalue weighted by Gasteiger charge is -2.39. The zero-order chi connectivity index (χ0) is 24.5. The fourth-order valence-corrected chi connectivity index (χ4v) is 4.48. The summed E-state index contributed by atoms with van der Waals surface area (Å²) in [6, 6.07) is 9.09. The molecule has 1 saturated carbocycles. The molecule has 2 aromatic rings. The third kappa shape index (κ3) is 3.83. The van der Waals surface area contributed by atoms with Gasteiger partial charge in [0.15, 0.2) is 17.3 Å². The van der Waals surface area contributed by atoms with Crippen molar-refractivity contribution in [2.24, 2.45) is 5.41 Å². The normalized spacial score (nSPS) is 17.3. The van der Waals surface area contributed by atoms with Crippen LogP contribution < -0.4 is 14.2 Å². The van der Waals surface area contributed by atoms with Gasteiger partial charge in [-0.3, -0.25) is 9.59 Å². The summed E-state index contributed by atoms with van der Waals surface area (Å²) in [6.07, 6.45) is 3.06. The maximum atomic E-state index is 12.9. The van der Waals surface area contributed by atoms with Gasteiger partial charge in [-0.2, -0.15) is 0 Å². The highest BCUT2D eigenvalue weighted by molar-refractivity contribution is 6.02. The van der Waals surface area contributed by atoms with E-state index >= 15 is 0 Å². The summed E-state index contributed by atoms with van der Waals surface area (Å²) >= 11 is 0. The van der Waals surface area contributed by atoms with E-state index in [1.165, 1.54) is 7.11 Å². The lowest BCUT2D eigenvalue weighted by molar-refractivity contribution is -0.168. The molecular weight excluding hydrogens is 408 g/mol. The van der Waals surface area contributed by atoms with Crippen molar-refractivity contribution in [1.82, 2.24) is 0 Å². The Balaban J connectivity index is 1.78. The van der Waals surface area contributed by atoms with Crippen molar-refractivity contribution in [3.63, 3.8) is 0 Å². The minimum absolute atomic E-state index is 0.0731. The summed E-state index contributed by atoms with van der Waals surface area (Å²) in [5.41, 5.74) is 2.35. The third-order valence-corrected chi connectivity index (χ3v) is 6.36. The monoisotopic (exact) mass is 440 g/mol. The number of ether oxygens (including phenoxy) is 4. The van der Waals surface area contributed by atoms with E-state index in [9.17, 15) is 9.59 Å². The second-order valence-corrected chi connectivity index (χ2v) is 8.72. The van der Waals surface area contributed by atoms with E-state index in [0.717, 1.165) is 17.5 Å². The van der Waals surface area contributed by atoms with Crippen LogP contribution in [0.15, 0.2) is 30.3 Å². The maximum absolute atomic E-state index is 12.9. The van der Waals surface area contributed by atoms with E-state index in [1.54, 1.807) is 6.07 Å². The Bertz CT molecular complexity index is 1090. The second kappa shape index (κ2) is 8.85. The van der Waals surface area contributed by atoms with Crippen LogP contribution in [-0.4, -0.2) is 38.6 Å². The van der Waals surface area contributed by atoms with Crippen molar-refractivity contribution < 1.29 is 31.3 Å². The third-order valence-electron chi connectivity index (χ3n) is 6.36. The van der Waals surface area contributed by atoms with Crippen molar-refractivity contribution >= 4 is 11.8 Å². The highest BCUT2D eigenvalue weighted by atomic mass is 16.6. The minimum Gasteiger partial charge on any atom is -0.493 e. The Labute approximate surface area is 191 Å². The standard InChI is InChI=1S/C26H30O6/c1-16(2)32-25(28)26(13-6-14-26)15-31-23-20(10-12-22(29-3)24(23)30-4)17-7-5-8-19-18(17)9-11-21(19)27/h5,7-8,10,12,16H,6,9,11,13-15H2,1-4H3/i4D2. The van der Waals surface area contributed by atoms with E-state index in [0.29, 0.717) is 48.3 Å². The Morgan fingerprint density at radius 3 is 2.50 bits per heavy atom. The van der Waals surface area contributed by atoms with Crippen LogP contribution >= 0.6 is 0 Å². The average molecular weight is 441 g/mol. The first-order valence-corrected chi connectivity index (χ1v) is 11.0. The maximum Gasteiger partial charge on any atom is 0.315 e. The molecule has 170 valence electrons. The fraction of sp³-hybridized carbons (Fsp3) is 0.462. The number of ketones is 1. The summed E-state index contributed by atoms with van der Waals surface area (Å²) in [6.45, 7) is 3.71. The SMILES string of the molecule is [2H]C([2H])Oc1c(OC)ccc(-c2cccc3c2CCC3=O)c1OCC1(C(=O)OC(C)C)CCC1. The van der Waals surface area contributed by atoms with Crippen molar-refractivity contribution in [3.05, 3.63) is 41.5 Å². The number of hydrogen-bond acceptors (Lipinski definition) is 6. The zero-order valence-electron chi connectivity index (χ0n) is 20.7. The lowest BCUT2D eigenvalue weighted by Crippen LogP contribution is -2.45. The van der Waals surface area contributed by atoms with Crippen LogP contribution in [0, 0.1) is 5.41 Å². The number of rotatable bonds is 8. The van der Waals surface area contributed by atoms with Gasteiger partial charge in [-0.1, -0.05) is 24.6 Å². The molecular formula is C26H30O6. The summed E-state index contributed by atoms with van der Waals surface area (Å²) in [5.74, 6) is 0.556. The topological polar surface area (TPSA) is 71.1 Å². The van der Waals surface area contributed by atoms with Crippen LogP contribution in [0.4, 0.5) is 0 Å². The number of hydrogen-bond donors (Lipinski definition) is 0. The van der Waals surface area contributed by atoms with Gasteiger partial charge in [-0.25, -0.2) is 0 Å². The molecule has 32 heavy (non-hydrogen) atoms. The molecule has 0 N–H and O–H groups in total. The van der Waals surface area contributed by atoms with E-state index in [-0.39, 0.29) is 30.2 Å². The van der Waals surface area contributed by atoms with Gasteiger partial charge in [0.1, 0.15) is 12.0 Å². The molecule has 6 heteroatoms. The smallest absolute Gasteiger partial charge is 0.315 e. The highest BCUT2D eigenvalue weighted by Gasteiger charge is 2.47. The van der Waals surface area contributed by atoms with Crippen molar-refractivity contribution in [2.75, 3.05) is 20.8 Å². The lowest BCUT2D eigenvalue weighted by atomic mass is 9.69. The summed E-state index contributed by atoms with van der Waals surface area (Å²) < 4.78 is 38.1. The Hall–Kier alpha value is -3.02. The molecule has 2 aromatic carbocycles. The summed E-state index contributed by atoms with van der Waals surface area (Å²) in [4.78, 5) is 25.2. The molecule has 0 saturated heterocycles.